The summed E-state index contributed by atoms with van der Waals surface area (Å²) in [5.74, 6) is -0.0547. The van der Waals surface area contributed by atoms with Gasteiger partial charge in [0.2, 0.25) is 5.91 Å². The molecule has 0 aliphatic carbocycles. The number of carbonyl (C=O) groups excluding carboxylic acids is 1. The molecule has 0 radical (unpaired) electrons. The van der Waals surface area contributed by atoms with Gasteiger partial charge >= 0.3 is 0 Å². The Kier molecular flexibility index (Phi) is 10.3. The van der Waals surface area contributed by atoms with Crippen LogP contribution in [0.5, 0.6) is 0 Å². The summed E-state index contributed by atoms with van der Waals surface area (Å²) >= 11 is 0. The molecule has 5 nitrogen and oxygen atoms in total. The van der Waals surface area contributed by atoms with E-state index in [1.165, 1.54) is 0 Å². The van der Waals surface area contributed by atoms with E-state index in [0.717, 1.165) is 32.5 Å². The van der Waals surface area contributed by atoms with Crippen LogP contribution in [-0.4, -0.2) is 51.0 Å². The molecular weight excluding hydrogens is 256 g/mol. The maximum absolute atomic E-state index is 11.6. The lowest BCUT2D eigenvalue weighted by Crippen LogP contribution is -2.39. The lowest BCUT2D eigenvalue weighted by molar-refractivity contribution is -0.133. The third-order valence-corrected chi connectivity index (χ3v) is 2.78. The largest absolute Gasteiger partial charge is 0.376 e. The molecule has 1 aliphatic heterocycles. The number of carbonyl (C=O) groups is 1. The van der Waals surface area contributed by atoms with Gasteiger partial charge in [0.25, 0.3) is 0 Å². The van der Waals surface area contributed by atoms with Crippen LogP contribution in [0.4, 0.5) is 0 Å². The van der Waals surface area contributed by atoms with Crippen molar-refractivity contribution in [1.82, 2.24) is 10.6 Å². The van der Waals surface area contributed by atoms with Gasteiger partial charge in [-0.15, -0.1) is 12.4 Å². The Morgan fingerprint density at radius 1 is 1.50 bits per heavy atom. The van der Waals surface area contributed by atoms with E-state index in [-0.39, 0.29) is 24.4 Å². The van der Waals surface area contributed by atoms with Crippen LogP contribution in [0.3, 0.4) is 0 Å². The monoisotopic (exact) mass is 280 g/mol. The van der Waals surface area contributed by atoms with Gasteiger partial charge in [-0.05, 0) is 26.3 Å². The van der Waals surface area contributed by atoms with Crippen LogP contribution >= 0.6 is 12.4 Å². The highest BCUT2D eigenvalue weighted by Crippen LogP contribution is 2.12. The minimum Gasteiger partial charge on any atom is -0.376 e. The predicted octanol–water partition coefficient (Wildman–Crippen LogP) is 0.718. The number of hydrogen-bond acceptors (Lipinski definition) is 4. The quantitative estimate of drug-likeness (QED) is 0.643. The summed E-state index contributed by atoms with van der Waals surface area (Å²) < 4.78 is 10.9. The van der Waals surface area contributed by atoms with Gasteiger partial charge in [-0.3, -0.25) is 4.79 Å². The smallest absolute Gasteiger partial charge is 0.248 e. The zero-order valence-corrected chi connectivity index (χ0v) is 12.1. The minimum atomic E-state index is -0.402. The summed E-state index contributed by atoms with van der Waals surface area (Å²) in [5, 5.41) is 5.97. The van der Waals surface area contributed by atoms with E-state index in [1.807, 2.05) is 6.92 Å². The third kappa shape index (κ3) is 7.16. The van der Waals surface area contributed by atoms with Crippen LogP contribution < -0.4 is 10.6 Å². The summed E-state index contributed by atoms with van der Waals surface area (Å²) in [5.41, 5.74) is 0. The van der Waals surface area contributed by atoms with Crippen molar-refractivity contribution < 1.29 is 14.3 Å². The summed E-state index contributed by atoms with van der Waals surface area (Å²) in [4.78, 5) is 11.6. The Hall–Kier alpha value is -0.360. The molecule has 1 aliphatic rings. The fraction of sp³-hybridized carbons (Fsp3) is 0.917. The first kappa shape index (κ1) is 17.6. The maximum atomic E-state index is 11.6. The first-order valence-corrected chi connectivity index (χ1v) is 6.45. The third-order valence-electron chi connectivity index (χ3n) is 2.78. The van der Waals surface area contributed by atoms with Crippen molar-refractivity contribution in [2.24, 2.45) is 0 Å². The van der Waals surface area contributed by atoms with Gasteiger partial charge in [0.1, 0.15) is 6.10 Å². The van der Waals surface area contributed by atoms with Gasteiger partial charge < -0.3 is 20.1 Å². The lowest BCUT2D eigenvalue weighted by atomic mass is 10.2. The van der Waals surface area contributed by atoms with E-state index in [4.69, 9.17) is 9.47 Å². The van der Waals surface area contributed by atoms with Crippen molar-refractivity contribution in [3.8, 4) is 0 Å². The second-order valence-electron chi connectivity index (χ2n) is 4.26. The van der Waals surface area contributed by atoms with Gasteiger partial charge in [0.05, 0.1) is 12.7 Å². The van der Waals surface area contributed by atoms with Crippen LogP contribution in [0.15, 0.2) is 0 Å². The average molecular weight is 281 g/mol. The molecule has 1 fully saturated rings. The molecule has 18 heavy (non-hydrogen) atoms. The molecule has 2 atom stereocenters. The van der Waals surface area contributed by atoms with E-state index < -0.39 is 6.10 Å². The van der Waals surface area contributed by atoms with Crippen molar-refractivity contribution in [2.75, 3.05) is 32.8 Å². The molecule has 0 aromatic carbocycles. The van der Waals surface area contributed by atoms with Gasteiger partial charge in [-0.2, -0.15) is 0 Å². The molecule has 108 valence electrons. The number of likely N-dealkylation sites (N-methyl/N-ethyl adjacent to an activating group) is 1. The number of hydrogen-bond donors (Lipinski definition) is 2. The van der Waals surface area contributed by atoms with Crippen LogP contribution in [0.25, 0.3) is 0 Å². The fourth-order valence-corrected chi connectivity index (χ4v) is 1.70. The molecule has 1 saturated heterocycles. The minimum absolute atomic E-state index is 0. The Morgan fingerprint density at radius 3 is 2.89 bits per heavy atom. The second-order valence-corrected chi connectivity index (χ2v) is 4.26. The summed E-state index contributed by atoms with van der Waals surface area (Å²) in [6, 6.07) is 0. The standard InChI is InChI=1S/C12H24N2O3.ClH/c1-3-13-6-7-14-12(15)10(2)17-9-11-5-4-8-16-11;/h10-11,13H,3-9H2,1-2H3,(H,14,15);1H. The Bertz CT molecular complexity index is 223. The normalized spacial score (nSPS) is 20.2. The molecule has 0 aromatic heterocycles. The highest BCUT2D eigenvalue weighted by atomic mass is 35.5. The molecule has 1 rings (SSSR count). The number of nitrogens with one attached hydrogen (secondary N) is 2. The highest BCUT2D eigenvalue weighted by Gasteiger charge is 2.19. The van der Waals surface area contributed by atoms with Gasteiger partial charge in [-0.1, -0.05) is 6.92 Å². The second kappa shape index (κ2) is 10.6. The predicted molar refractivity (Wildman–Crippen MR) is 73.2 cm³/mol. The van der Waals surface area contributed by atoms with E-state index >= 15 is 0 Å². The van der Waals surface area contributed by atoms with Gasteiger partial charge in [0, 0.05) is 19.7 Å². The Labute approximate surface area is 115 Å². The summed E-state index contributed by atoms with van der Waals surface area (Å²) in [6.45, 7) is 7.49. The molecule has 0 spiro atoms. The molecule has 1 amide bonds. The van der Waals surface area contributed by atoms with E-state index in [0.29, 0.717) is 13.2 Å². The topological polar surface area (TPSA) is 59.6 Å². The Morgan fingerprint density at radius 2 is 2.28 bits per heavy atom. The van der Waals surface area contributed by atoms with E-state index in [1.54, 1.807) is 6.92 Å². The van der Waals surface area contributed by atoms with Crippen molar-refractivity contribution in [1.29, 1.82) is 0 Å². The van der Waals surface area contributed by atoms with Crippen molar-refractivity contribution >= 4 is 18.3 Å². The molecule has 2 N–H and O–H groups in total. The number of ether oxygens (including phenoxy) is 2. The van der Waals surface area contributed by atoms with Crippen LogP contribution in [-0.2, 0) is 14.3 Å². The SMILES string of the molecule is CCNCCNC(=O)C(C)OCC1CCCO1.Cl. The van der Waals surface area contributed by atoms with Crippen molar-refractivity contribution in [2.45, 2.75) is 38.9 Å². The van der Waals surface area contributed by atoms with E-state index in [2.05, 4.69) is 10.6 Å². The van der Waals surface area contributed by atoms with Gasteiger partial charge in [0.15, 0.2) is 0 Å². The highest BCUT2D eigenvalue weighted by molar-refractivity contribution is 5.85. The first-order valence-electron chi connectivity index (χ1n) is 6.45. The molecular formula is C12H25ClN2O3. The number of amides is 1. The van der Waals surface area contributed by atoms with Crippen molar-refractivity contribution in [3.63, 3.8) is 0 Å². The van der Waals surface area contributed by atoms with Crippen LogP contribution in [0, 0.1) is 0 Å². The fourth-order valence-electron chi connectivity index (χ4n) is 1.70. The molecule has 1 heterocycles. The number of rotatable bonds is 8. The lowest BCUT2D eigenvalue weighted by Gasteiger charge is -2.16. The zero-order chi connectivity index (χ0) is 12.5. The van der Waals surface area contributed by atoms with E-state index in [9.17, 15) is 4.79 Å². The van der Waals surface area contributed by atoms with Gasteiger partial charge in [-0.25, -0.2) is 0 Å². The molecule has 6 heteroatoms. The zero-order valence-electron chi connectivity index (χ0n) is 11.2. The maximum Gasteiger partial charge on any atom is 0.248 e. The summed E-state index contributed by atoms with van der Waals surface area (Å²) in [6.07, 6.45) is 1.90. The molecule has 0 saturated carbocycles. The first-order chi connectivity index (χ1) is 8.24. The summed E-state index contributed by atoms with van der Waals surface area (Å²) in [7, 11) is 0. The number of halogens is 1. The molecule has 0 aromatic rings. The van der Waals surface area contributed by atoms with Crippen molar-refractivity contribution in [3.05, 3.63) is 0 Å². The Balaban J connectivity index is 0.00000289. The van der Waals surface area contributed by atoms with Crippen LogP contribution in [0.2, 0.25) is 0 Å². The average Bonchev–Trinajstić information content (AvgIpc) is 2.84. The molecule has 2 unspecified atom stereocenters. The van der Waals surface area contributed by atoms with Crippen LogP contribution in [0.1, 0.15) is 26.7 Å². The molecule has 0 bridgehead atoms.